The molecule has 2 atom stereocenters. The van der Waals surface area contributed by atoms with Crippen molar-refractivity contribution in [3.8, 4) is 0 Å². The Morgan fingerprint density at radius 3 is 2.62 bits per heavy atom. The molecule has 1 saturated heterocycles. The zero-order valence-electron chi connectivity index (χ0n) is 10.1. The van der Waals surface area contributed by atoms with E-state index in [4.69, 9.17) is 0 Å². The Morgan fingerprint density at radius 2 is 2.00 bits per heavy atom. The molecule has 0 spiro atoms. The second kappa shape index (κ2) is 5.64. The first kappa shape index (κ1) is 11.9. The Balaban J connectivity index is 1.67. The summed E-state index contributed by atoms with van der Waals surface area (Å²) in [5.41, 5.74) is 0. The molecule has 2 aliphatic rings. The minimum Gasteiger partial charge on any atom is -0.354 e. The van der Waals surface area contributed by atoms with Gasteiger partial charge in [-0.05, 0) is 25.7 Å². The third kappa shape index (κ3) is 3.19. The maximum Gasteiger partial charge on any atom is 0.238 e. The van der Waals surface area contributed by atoms with E-state index >= 15 is 0 Å². The summed E-state index contributed by atoms with van der Waals surface area (Å²) in [4.78, 5) is 11.8. The van der Waals surface area contributed by atoms with Gasteiger partial charge < -0.3 is 16.0 Å². The fraction of sp³-hybridized carbons (Fsp3) is 0.917. The highest BCUT2D eigenvalue weighted by Crippen LogP contribution is 2.23. The maximum absolute atomic E-state index is 11.8. The molecule has 1 amide bonds. The largest absolute Gasteiger partial charge is 0.354 e. The minimum absolute atomic E-state index is 0.0439. The molecule has 1 heterocycles. The van der Waals surface area contributed by atoms with Gasteiger partial charge >= 0.3 is 0 Å². The second-order valence-corrected chi connectivity index (χ2v) is 5.17. The molecule has 92 valence electrons. The Labute approximate surface area is 97.6 Å². The summed E-state index contributed by atoms with van der Waals surface area (Å²) in [6.07, 6.45) is 5.24. The molecule has 2 rings (SSSR count). The first-order valence-electron chi connectivity index (χ1n) is 6.50. The van der Waals surface area contributed by atoms with Gasteiger partial charge in [-0.2, -0.15) is 0 Å². The van der Waals surface area contributed by atoms with Crippen molar-refractivity contribution in [2.75, 3.05) is 19.6 Å². The van der Waals surface area contributed by atoms with Gasteiger partial charge in [-0.15, -0.1) is 0 Å². The monoisotopic (exact) mass is 225 g/mol. The molecule has 1 aliphatic carbocycles. The minimum atomic E-state index is -0.0439. The van der Waals surface area contributed by atoms with Crippen LogP contribution in [0.4, 0.5) is 0 Å². The molecular weight excluding hydrogens is 202 g/mol. The van der Waals surface area contributed by atoms with Crippen molar-refractivity contribution in [1.29, 1.82) is 0 Å². The smallest absolute Gasteiger partial charge is 0.238 e. The molecule has 2 fully saturated rings. The number of carbonyl (C=O) groups excluding carboxylic acids is 1. The van der Waals surface area contributed by atoms with Crippen LogP contribution in [-0.2, 0) is 4.79 Å². The van der Waals surface area contributed by atoms with Crippen LogP contribution in [0.3, 0.4) is 0 Å². The zero-order chi connectivity index (χ0) is 11.4. The average molecular weight is 225 g/mol. The van der Waals surface area contributed by atoms with E-state index in [9.17, 15) is 4.79 Å². The van der Waals surface area contributed by atoms with E-state index in [2.05, 4.69) is 22.9 Å². The molecule has 0 aromatic rings. The molecule has 0 bridgehead atoms. The highest BCUT2D eigenvalue weighted by molar-refractivity contribution is 5.82. The number of carbonyl (C=O) groups is 1. The quantitative estimate of drug-likeness (QED) is 0.645. The summed E-state index contributed by atoms with van der Waals surface area (Å²) < 4.78 is 0. The molecule has 1 aliphatic heterocycles. The number of rotatable bonds is 3. The number of piperazine rings is 1. The van der Waals surface area contributed by atoms with Crippen LogP contribution in [0, 0.1) is 5.92 Å². The van der Waals surface area contributed by atoms with Crippen LogP contribution in [0.15, 0.2) is 0 Å². The van der Waals surface area contributed by atoms with Gasteiger partial charge in [0.05, 0.1) is 6.04 Å². The summed E-state index contributed by atoms with van der Waals surface area (Å²) in [5, 5.41) is 9.65. The van der Waals surface area contributed by atoms with Crippen molar-refractivity contribution in [2.24, 2.45) is 5.92 Å². The van der Waals surface area contributed by atoms with Crippen molar-refractivity contribution < 1.29 is 4.79 Å². The van der Waals surface area contributed by atoms with E-state index in [0.29, 0.717) is 6.04 Å². The lowest BCUT2D eigenvalue weighted by molar-refractivity contribution is -0.123. The summed E-state index contributed by atoms with van der Waals surface area (Å²) in [7, 11) is 0. The molecule has 0 aromatic heterocycles. The van der Waals surface area contributed by atoms with Crippen LogP contribution >= 0.6 is 0 Å². The standard InChI is InChI=1S/C12H23N3O/c1-9-6-14-11(8-13-9)12(16)15-7-10-4-2-3-5-10/h9-11,13-14H,2-8H2,1H3,(H,15,16). The molecular formula is C12H23N3O. The van der Waals surface area contributed by atoms with Gasteiger partial charge in [-0.1, -0.05) is 12.8 Å². The third-order valence-electron chi connectivity index (χ3n) is 3.70. The van der Waals surface area contributed by atoms with E-state index < -0.39 is 0 Å². The van der Waals surface area contributed by atoms with E-state index in [0.717, 1.165) is 25.6 Å². The zero-order valence-corrected chi connectivity index (χ0v) is 10.1. The normalized spacial score (nSPS) is 31.6. The number of hydrogen-bond donors (Lipinski definition) is 3. The lowest BCUT2D eigenvalue weighted by Gasteiger charge is -2.28. The molecule has 16 heavy (non-hydrogen) atoms. The van der Waals surface area contributed by atoms with E-state index in [1.165, 1.54) is 25.7 Å². The second-order valence-electron chi connectivity index (χ2n) is 5.17. The van der Waals surface area contributed by atoms with Crippen molar-refractivity contribution in [3.63, 3.8) is 0 Å². The SMILES string of the molecule is CC1CNC(C(=O)NCC2CCCC2)CN1. The number of hydrogen-bond acceptors (Lipinski definition) is 3. The summed E-state index contributed by atoms with van der Waals surface area (Å²) >= 11 is 0. The molecule has 3 N–H and O–H groups in total. The molecule has 4 nitrogen and oxygen atoms in total. The van der Waals surface area contributed by atoms with Crippen LogP contribution < -0.4 is 16.0 Å². The van der Waals surface area contributed by atoms with Crippen molar-refractivity contribution in [2.45, 2.75) is 44.7 Å². The highest BCUT2D eigenvalue weighted by atomic mass is 16.2. The Bertz CT molecular complexity index is 230. The van der Waals surface area contributed by atoms with Gasteiger partial charge in [0.15, 0.2) is 0 Å². The van der Waals surface area contributed by atoms with Crippen LogP contribution in [0.5, 0.6) is 0 Å². The average Bonchev–Trinajstić information content (AvgIpc) is 2.80. The fourth-order valence-electron chi connectivity index (χ4n) is 2.55. The maximum atomic E-state index is 11.8. The van der Waals surface area contributed by atoms with E-state index in [-0.39, 0.29) is 11.9 Å². The molecule has 0 radical (unpaired) electrons. The van der Waals surface area contributed by atoms with E-state index in [1.54, 1.807) is 0 Å². The molecule has 0 aromatic carbocycles. The molecule has 1 saturated carbocycles. The van der Waals surface area contributed by atoms with Gasteiger partial charge in [0.2, 0.25) is 5.91 Å². The Hall–Kier alpha value is -0.610. The lowest BCUT2D eigenvalue weighted by Crippen LogP contribution is -2.59. The van der Waals surface area contributed by atoms with Crippen LogP contribution in [0.2, 0.25) is 0 Å². The summed E-state index contributed by atoms with van der Waals surface area (Å²) in [6, 6.07) is 0.427. The Morgan fingerprint density at radius 1 is 1.25 bits per heavy atom. The van der Waals surface area contributed by atoms with Gasteiger partial charge in [0, 0.05) is 25.7 Å². The predicted molar refractivity (Wildman–Crippen MR) is 64.2 cm³/mol. The fourth-order valence-corrected chi connectivity index (χ4v) is 2.55. The first-order chi connectivity index (χ1) is 7.75. The first-order valence-corrected chi connectivity index (χ1v) is 6.50. The molecule has 2 unspecified atom stereocenters. The summed E-state index contributed by atoms with van der Waals surface area (Å²) in [5.74, 6) is 0.880. The number of amides is 1. The van der Waals surface area contributed by atoms with Gasteiger partial charge in [0.25, 0.3) is 0 Å². The van der Waals surface area contributed by atoms with Gasteiger partial charge in [-0.3, -0.25) is 4.79 Å². The predicted octanol–water partition coefficient (Wildman–Crippen LogP) is 0.243. The van der Waals surface area contributed by atoms with Crippen molar-refractivity contribution >= 4 is 5.91 Å². The van der Waals surface area contributed by atoms with Crippen LogP contribution in [0.25, 0.3) is 0 Å². The van der Waals surface area contributed by atoms with Crippen molar-refractivity contribution in [3.05, 3.63) is 0 Å². The summed E-state index contributed by atoms with van der Waals surface area (Å²) in [6.45, 7) is 4.62. The topological polar surface area (TPSA) is 53.2 Å². The molecule has 4 heteroatoms. The van der Waals surface area contributed by atoms with Crippen molar-refractivity contribution in [1.82, 2.24) is 16.0 Å². The third-order valence-corrected chi connectivity index (χ3v) is 3.70. The van der Waals surface area contributed by atoms with Crippen LogP contribution in [-0.4, -0.2) is 37.6 Å². The number of nitrogens with one attached hydrogen (secondary N) is 3. The van der Waals surface area contributed by atoms with Gasteiger partial charge in [0.1, 0.15) is 0 Å². The van der Waals surface area contributed by atoms with Crippen LogP contribution in [0.1, 0.15) is 32.6 Å². The highest BCUT2D eigenvalue weighted by Gasteiger charge is 2.24. The Kier molecular flexibility index (Phi) is 4.18. The van der Waals surface area contributed by atoms with Gasteiger partial charge in [-0.25, -0.2) is 0 Å². The lowest BCUT2D eigenvalue weighted by atomic mass is 10.1. The van der Waals surface area contributed by atoms with E-state index in [1.807, 2.05) is 0 Å².